The number of allylic oxidation sites excluding steroid dienone is 1. The third kappa shape index (κ3) is 7.27. The number of rotatable bonds is 11. The molecule has 3 aromatic rings. The van der Waals surface area contributed by atoms with E-state index >= 15 is 0 Å². The number of thioether (sulfide) groups is 1. The summed E-state index contributed by atoms with van der Waals surface area (Å²) in [5.74, 6) is 1.52. The molecule has 10 heteroatoms. The number of ether oxygens (including phenoxy) is 1. The molecule has 3 rings (SSSR count). The highest BCUT2D eigenvalue weighted by molar-refractivity contribution is 9.10. The van der Waals surface area contributed by atoms with Crippen molar-refractivity contribution >= 4 is 62.5 Å². The van der Waals surface area contributed by atoms with E-state index in [1.807, 2.05) is 28.8 Å². The Labute approximate surface area is 209 Å². The Kier molecular flexibility index (Phi) is 9.47. The molecule has 1 aromatic heterocycles. The molecular weight excluding hydrogens is 535 g/mol. The minimum Gasteiger partial charge on any atom is -0.492 e. The maximum absolute atomic E-state index is 12.3. The van der Waals surface area contributed by atoms with E-state index in [0.717, 1.165) is 22.4 Å². The van der Waals surface area contributed by atoms with Crippen molar-refractivity contribution in [2.45, 2.75) is 24.5 Å². The van der Waals surface area contributed by atoms with E-state index in [9.17, 15) is 4.79 Å². The topological polar surface area (TPSA) is 69.0 Å². The van der Waals surface area contributed by atoms with Crippen molar-refractivity contribution in [2.75, 3.05) is 17.7 Å². The molecule has 1 heterocycles. The summed E-state index contributed by atoms with van der Waals surface area (Å²) in [6.45, 7) is 4.84. The number of aryl methyl sites for hydroxylation is 1. The molecule has 0 radical (unpaired) electrons. The zero-order valence-corrected chi connectivity index (χ0v) is 21.0. The van der Waals surface area contributed by atoms with Crippen LogP contribution in [0.4, 0.5) is 5.69 Å². The number of nitrogens with one attached hydrogen (secondary N) is 1. The van der Waals surface area contributed by atoms with Crippen LogP contribution in [0.15, 0.2) is 64.7 Å². The van der Waals surface area contributed by atoms with E-state index in [1.165, 1.54) is 11.8 Å². The highest BCUT2D eigenvalue weighted by atomic mass is 79.9. The molecule has 0 fully saturated rings. The summed E-state index contributed by atoms with van der Waals surface area (Å²) in [6.07, 6.45) is 3.17. The predicted octanol–water partition coefficient (Wildman–Crippen LogP) is 6.28. The zero-order valence-electron chi connectivity index (χ0n) is 17.1. The highest BCUT2D eigenvalue weighted by Crippen LogP contribution is 2.27. The van der Waals surface area contributed by atoms with Crippen LogP contribution in [0, 0.1) is 0 Å². The summed E-state index contributed by atoms with van der Waals surface area (Å²) in [4.78, 5) is 12.3. The first kappa shape index (κ1) is 24.6. The average molecular weight is 556 g/mol. The van der Waals surface area contributed by atoms with Gasteiger partial charge in [0.05, 0.1) is 17.4 Å². The number of benzene rings is 2. The second-order valence-electron chi connectivity index (χ2n) is 6.67. The zero-order chi connectivity index (χ0) is 22.9. The van der Waals surface area contributed by atoms with Gasteiger partial charge in [-0.25, -0.2) is 0 Å². The number of hydrogen-bond donors (Lipinski definition) is 1. The lowest BCUT2D eigenvalue weighted by Crippen LogP contribution is -2.14. The van der Waals surface area contributed by atoms with E-state index in [4.69, 9.17) is 27.9 Å². The maximum Gasteiger partial charge on any atom is 0.234 e. The number of carbonyl (C=O) groups excluding carboxylic acids is 1. The summed E-state index contributed by atoms with van der Waals surface area (Å²) in [5, 5.41) is 13.1. The Morgan fingerprint density at radius 1 is 1.22 bits per heavy atom. The van der Waals surface area contributed by atoms with Crippen molar-refractivity contribution in [2.24, 2.45) is 0 Å². The molecule has 0 aliphatic rings. The number of anilines is 1. The van der Waals surface area contributed by atoms with Crippen molar-refractivity contribution in [3.05, 3.63) is 75.5 Å². The number of hydrogen-bond acceptors (Lipinski definition) is 5. The van der Waals surface area contributed by atoms with E-state index < -0.39 is 0 Å². The highest BCUT2D eigenvalue weighted by Gasteiger charge is 2.14. The third-order valence-corrected chi connectivity index (χ3v) is 6.29. The van der Waals surface area contributed by atoms with Gasteiger partial charge in [0.1, 0.15) is 11.6 Å². The summed E-state index contributed by atoms with van der Waals surface area (Å²) < 4.78 is 8.65. The van der Waals surface area contributed by atoms with Crippen LogP contribution in [0.25, 0.3) is 0 Å². The largest absolute Gasteiger partial charge is 0.492 e. The number of amides is 1. The second-order valence-corrected chi connectivity index (χ2v) is 9.37. The fourth-order valence-corrected chi connectivity index (χ4v) is 4.28. The molecule has 0 aliphatic heterocycles. The standard InChI is InChI=1S/C22H21BrCl2N4O2S/c1-2-11-29-20(4-3-12-31-19-10-7-16(24)13-18(19)25)27-28-22(29)32-14-21(30)26-17-8-5-15(23)6-9-17/h2,5-10,13H,1,3-4,11-12,14H2,(H,26,30). The van der Waals surface area contributed by atoms with E-state index in [0.29, 0.717) is 40.5 Å². The SMILES string of the molecule is C=CCn1c(CCCOc2ccc(Cl)cc2Cl)nnc1SCC(=O)Nc1ccc(Br)cc1. The molecule has 0 aliphatic carbocycles. The van der Waals surface area contributed by atoms with Crippen molar-refractivity contribution in [1.29, 1.82) is 0 Å². The van der Waals surface area contributed by atoms with Gasteiger partial charge in [0.2, 0.25) is 5.91 Å². The molecule has 0 atom stereocenters. The minimum atomic E-state index is -0.111. The second kappa shape index (κ2) is 12.3. The molecule has 0 unspecified atom stereocenters. The van der Waals surface area contributed by atoms with Gasteiger partial charge >= 0.3 is 0 Å². The molecule has 6 nitrogen and oxygen atoms in total. The Bertz CT molecular complexity index is 1080. The summed E-state index contributed by atoms with van der Waals surface area (Å²) in [7, 11) is 0. The van der Waals surface area contributed by atoms with Crippen LogP contribution in [0.1, 0.15) is 12.2 Å². The molecule has 0 bridgehead atoms. The van der Waals surface area contributed by atoms with Gasteiger partial charge in [-0.2, -0.15) is 0 Å². The number of carbonyl (C=O) groups is 1. The Morgan fingerprint density at radius 2 is 2.00 bits per heavy atom. The van der Waals surface area contributed by atoms with Crippen molar-refractivity contribution in [3.8, 4) is 5.75 Å². The fourth-order valence-electron chi connectivity index (χ4n) is 2.79. The van der Waals surface area contributed by atoms with E-state index in [2.05, 4.69) is 38.0 Å². The number of aromatic nitrogens is 3. The molecule has 1 amide bonds. The predicted molar refractivity (Wildman–Crippen MR) is 134 cm³/mol. The van der Waals surface area contributed by atoms with E-state index in [-0.39, 0.29) is 11.7 Å². The summed E-state index contributed by atoms with van der Waals surface area (Å²) in [6, 6.07) is 12.6. The molecule has 1 N–H and O–H groups in total. The van der Waals surface area contributed by atoms with Gasteiger partial charge in [-0.15, -0.1) is 16.8 Å². The number of nitrogens with zero attached hydrogens (tertiary/aromatic N) is 3. The van der Waals surface area contributed by atoms with Crippen molar-refractivity contribution in [1.82, 2.24) is 14.8 Å². The minimum absolute atomic E-state index is 0.111. The third-order valence-electron chi connectivity index (χ3n) is 4.26. The van der Waals surface area contributed by atoms with E-state index in [1.54, 1.807) is 24.3 Å². The Hall–Kier alpha value is -2.00. The average Bonchev–Trinajstić information content (AvgIpc) is 3.14. The first-order chi connectivity index (χ1) is 15.5. The molecule has 168 valence electrons. The van der Waals surface area contributed by atoms with Crippen LogP contribution in [0.2, 0.25) is 10.0 Å². The molecule has 2 aromatic carbocycles. The van der Waals surface area contributed by atoms with Crippen LogP contribution >= 0.6 is 50.9 Å². The monoisotopic (exact) mass is 554 g/mol. The van der Waals surface area contributed by atoms with Crippen molar-refractivity contribution in [3.63, 3.8) is 0 Å². The van der Waals surface area contributed by atoms with Crippen LogP contribution < -0.4 is 10.1 Å². The molecule has 32 heavy (non-hydrogen) atoms. The summed E-state index contributed by atoms with van der Waals surface area (Å²) >= 11 is 16.7. The van der Waals surface area contributed by atoms with Crippen molar-refractivity contribution < 1.29 is 9.53 Å². The first-order valence-corrected chi connectivity index (χ1v) is 12.3. The normalized spacial score (nSPS) is 10.7. The smallest absolute Gasteiger partial charge is 0.234 e. The van der Waals surface area contributed by atoms with Crippen LogP contribution in [-0.2, 0) is 17.8 Å². The molecule has 0 spiro atoms. The first-order valence-electron chi connectivity index (χ1n) is 9.75. The van der Waals surface area contributed by atoms with Crippen LogP contribution in [0.3, 0.4) is 0 Å². The van der Waals surface area contributed by atoms with Gasteiger partial charge in [-0.1, -0.05) is 57.0 Å². The Morgan fingerprint density at radius 3 is 2.72 bits per heavy atom. The van der Waals surface area contributed by atoms with Gasteiger partial charge in [-0.05, 0) is 48.9 Å². The Balaban J connectivity index is 1.52. The molecular formula is C22H21BrCl2N4O2S. The number of halogens is 3. The molecule has 0 saturated heterocycles. The van der Waals surface area contributed by atoms with Gasteiger partial charge in [0.15, 0.2) is 5.16 Å². The quantitative estimate of drug-likeness (QED) is 0.171. The lowest BCUT2D eigenvalue weighted by Gasteiger charge is -2.10. The van der Waals surface area contributed by atoms with Gasteiger partial charge in [-0.3, -0.25) is 4.79 Å². The van der Waals surface area contributed by atoms with Gasteiger partial charge in [0, 0.05) is 28.1 Å². The summed E-state index contributed by atoms with van der Waals surface area (Å²) in [5.41, 5.74) is 0.743. The lowest BCUT2D eigenvalue weighted by atomic mass is 10.3. The van der Waals surface area contributed by atoms with Gasteiger partial charge < -0.3 is 14.6 Å². The van der Waals surface area contributed by atoms with Crippen LogP contribution in [0.5, 0.6) is 5.75 Å². The lowest BCUT2D eigenvalue weighted by molar-refractivity contribution is -0.113. The van der Waals surface area contributed by atoms with Gasteiger partial charge in [0.25, 0.3) is 0 Å². The maximum atomic E-state index is 12.3. The molecule has 0 saturated carbocycles. The fraction of sp³-hybridized carbons (Fsp3) is 0.227. The van der Waals surface area contributed by atoms with Crippen LogP contribution in [-0.4, -0.2) is 33.0 Å².